The highest BCUT2D eigenvalue weighted by Gasteiger charge is 2.26. The number of nitrogens with zero attached hydrogens (tertiary/aromatic N) is 2. The summed E-state index contributed by atoms with van der Waals surface area (Å²) in [6.07, 6.45) is 2.82. The van der Waals surface area contributed by atoms with E-state index in [1.165, 1.54) is 27.8 Å². The summed E-state index contributed by atoms with van der Waals surface area (Å²) in [6, 6.07) is 13.8. The second kappa shape index (κ2) is 10.0. The third-order valence-corrected chi connectivity index (χ3v) is 8.32. The Labute approximate surface area is 198 Å². The summed E-state index contributed by atoms with van der Waals surface area (Å²) in [4.78, 5) is 18.5. The maximum atomic E-state index is 12.8. The van der Waals surface area contributed by atoms with E-state index in [0.29, 0.717) is 30.4 Å². The van der Waals surface area contributed by atoms with Crippen LogP contribution in [0.25, 0.3) is 11.3 Å². The third-order valence-electron chi connectivity index (χ3n) is 5.53. The zero-order chi connectivity index (χ0) is 23.4. The summed E-state index contributed by atoms with van der Waals surface area (Å²) in [6.45, 7) is 5.60. The topological polar surface area (TPSA) is 88.6 Å². The highest BCUT2D eigenvalue weighted by molar-refractivity contribution is 7.89. The largest absolute Gasteiger partial charge is 0.494 e. The molecule has 1 aromatic heterocycles. The number of anilines is 1. The van der Waals surface area contributed by atoms with Gasteiger partial charge in [0.15, 0.2) is 5.13 Å². The molecule has 0 unspecified atom stereocenters. The molecule has 0 saturated carbocycles. The Morgan fingerprint density at radius 2 is 1.73 bits per heavy atom. The van der Waals surface area contributed by atoms with Gasteiger partial charge in [0, 0.05) is 29.1 Å². The summed E-state index contributed by atoms with van der Waals surface area (Å²) in [5.41, 5.74) is 2.13. The fraction of sp³-hybridized carbons (Fsp3) is 0.333. The minimum atomic E-state index is -3.52. The number of aromatic nitrogens is 1. The Morgan fingerprint density at radius 3 is 2.36 bits per heavy atom. The van der Waals surface area contributed by atoms with Crippen molar-refractivity contribution < 1.29 is 17.9 Å². The van der Waals surface area contributed by atoms with E-state index in [1.807, 2.05) is 38.1 Å². The number of hydrogen-bond donors (Lipinski definition) is 1. The summed E-state index contributed by atoms with van der Waals surface area (Å²) < 4.78 is 32.6. The fourth-order valence-corrected chi connectivity index (χ4v) is 6.14. The molecule has 7 nitrogen and oxygen atoms in total. The Kier molecular flexibility index (Phi) is 7.11. The number of rotatable bonds is 7. The molecule has 2 heterocycles. The van der Waals surface area contributed by atoms with E-state index in [4.69, 9.17) is 4.74 Å². The number of sulfonamides is 1. The van der Waals surface area contributed by atoms with E-state index in [1.54, 1.807) is 12.1 Å². The highest BCUT2D eigenvalue weighted by atomic mass is 32.2. The number of carbonyl (C=O) groups excluding carboxylic acids is 1. The van der Waals surface area contributed by atoms with Crippen molar-refractivity contribution in [3.8, 4) is 17.0 Å². The average Bonchev–Trinajstić information content (AvgIpc) is 3.20. The van der Waals surface area contributed by atoms with Gasteiger partial charge in [-0.3, -0.25) is 10.1 Å². The molecule has 1 saturated heterocycles. The molecule has 0 aliphatic carbocycles. The number of benzene rings is 2. The first-order chi connectivity index (χ1) is 15.9. The molecule has 1 N–H and O–H groups in total. The van der Waals surface area contributed by atoms with E-state index in [-0.39, 0.29) is 10.8 Å². The van der Waals surface area contributed by atoms with Crippen LogP contribution in [0.3, 0.4) is 0 Å². The van der Waals surface area contributed by atoms with Crippen LogP contribution in [0, 0.1) is 6.92 Å². The highest BCUT2D eigenvalue weighted by Crippen LogP contribution is 2.31. The molecule has 0 atom stereocenters. The molecule has 1 aliphatic heterocycles. The van der Waals surface area contributed by atoms with Crippen LogP contribution in [0.5, 0.6) is 5.75 Å². The van der Waals surface area contributed by atoms with Crippen molar-refractivity contribution in [1.82, 2.24) is 9.29 Å². The second-order valence-corrected chi connectivity index (χ2v) is 11.0. The Hall–Kier alpha value is -2.75. The quantitative estimate of drug-likeness (QED) is 0.512. The maximum absolute atomic E-state index is 12.8. The molecule has 4 rings (SSSR count). The van der Waals surface area contributed by atoms with Crippen LogP contribution in [0.15, 0.2) is 53.4 Å². The lowest BCUT2D eigenvalue weighted by Gasteiger charge is -2.25. The molecule has 3 aromatic rings. The number of nitrogens with one attached hydrogen (secondary N) is 1. The van der Waals surface area contributed by atoms with Crippen LogP contribution >= 0.6 is 11.3 Å². The summed E-state index contributed by atoms with van der Waals surface area (Å²) in [5, 5.41) is 3.32. The number of thiazole rings is 1. The first kappa shape index (κ1) is 23.4. The Morgan fingerprint density at radius 1 is 1.06 bits per heavy atom. The van der Waals surface area contributed by atoms with Gasteiger partial charge in [0.2, 0.25) is 10.0 Å². The lowest BCUT2D eigenvalue weighted by molar-refractivity contribution is 0.102. The summed E-state index contributed by atoms with van der Waals surface area (Å²) in [5.74, 6) is 0.470. The molecule has 2 aromatic carbocycles. The molecule has 1 aliphatic rings. The van der Waals surface area contributed by atoms with Crippen LogP contribution in [0.4, 0.5) is 5.13 Å². The lowest BCUT2D eigenvalue weighted by Crippen LogP contribution is -2.35. The van der Waals surface area contributed by atoms with Crippen LogP contribution in [-0.2, 0) is 10.0 Å². The SMILES string of the molecule is CCOc1ccc(-c2nc(NC(=O)c3ccc(S(=O)(=O)N4CCCCC4)cc3)sc2C)cc1. The van der Waals surface area contributed by atoms with Crippen molar-refractivity contribution >= 4 is 32.4 Å². The van der Waals surface area contributed by atoms with Crippen LogP contribution in [0.2, 0.25) is 0 Å². The minimum Gasteiger partial charge on any atom is -0.494 e. The van der Waals surface area contributed by atoms with Gasteiger partial charge in [-0.05, 0) is 75.2 Å². The van der Waals surface area contributed by atoms with E-state index in [0.717, 1.165) is 41.1 Å². The number of carbonyl (C=O) groups is 1. The molecule has 9 heteroatoms. The normalized spacial score (nSPS) is 14.7. The molecular weight excluding hydrogens is 458 g/mol. The van der Waals surface area contributed by atoms with Crippen molar-refractivity contribution in [3.63, 3.8) is 0 Å². The number of ether oxygens (including phenoxy) is 1. The number of amides is 1. The number of aryl methyl sites for hydroxylation is 1. The zero-order valence-electron chi connectivity index (χ0n) is 18.7. The second-order valence-electron chi connectivity index (χ2n) is 7.82. The van der Waals surface area contributed by atoms with Crippen molar-refractivity contribution in [3.05, 3.63) is 59.0 Å². The molecule has 0 spiro atoms. The van der Waals surface area contributed by atoms with Crippen LogP contribution in [0.1, 0.15) is 41.4 Å². The van der Waals surface area contributed by atoms with E-state index < -0.39 is 10.0 Å². The van der Waals surface area contributed by atoms with Gasteiger partial charge in [0.1, 0.15) is 5.75 Å². The zero-order valence-corrected chi connectivity index (χ0v) is 20.3. The van der Waals surface area contributed by atoms with Gasteiger partial charge in [0.25, 0.3) is 5.91 Å². The van der Waals surface area contributed by atoms with E-state index in [2.05, 4.69) is 10.3 Å². The summed E-state index contributed by atoms with van der Waals surface area (Å²) in [7, 11) is -3.52. The van der Waals surface area contributed by atoms with Crippen molar-refractivity contribution in [2.75, 3.05) is 25.0 Å². The van der Waals surface area contributed by atoms with E-state index in [9.17, 15) is 13.2 Å². The number of piperidine rings is 1. The van der Waals surface area contributed by atoms with Gasteiger partial charge in [0.05, 0.1) is 17.2 Å². The van der Waals surface area contributed by atoms with Crippen LogP contribution in [-0.4, -0.2) is 43.3 Å². The average molecular weight is 486 g/mol. The van der Waals surface area contributed by atoms with Gasteiger partial charge in [-0.2, -0.15) is 4.31 Å². The molecule has 33 heavy (non-hydrogen) atoms. The lowest BCUT2D eigenvalue weighted by atomic mass is 10.1. The minimum absolute atomic E-state index is 0.212. The first-order valence-electron chi connectivity index (χ1n) is 11.0. The summed E-state index contributed by atoms with van der Waals surface area (Å²) >= 11 is 1.40. The molecule has 1 amide bonds. The van der Waals surface area contributed by atoms with Gasteiger partial charge in [-0.15, -0.1) is 11.3 Å². The van der Waals surface area contributed by atoms with Crippen molar-refractivity contribution in [1.29, 1.82) is 0 Å². The Bertz CT molecular complexity index is 1210. The maximum Gasteiger partial charge on any atom is 0.257 e. The van der Waals surface area contributed by atoms with Crippen LogP contribution < -0.4 is 10.1 Å². The van der Waals surface area contributed by atoms with Gasteiger partial charge >= 0.3 is 0 Å². The molecule has 1 fully saturated rings. The molecule has 0 radical (unpaired) electrons. The van der Waals surface area contributed by atoms with Gasteiger partial charge < -0.3 is 4.74 Å². The third kappa shape index (κ3) is 5.26. The predicted molar refractivity (Wildman–Crippen MR) is 130 cm³/mol. The standard InChI is InChI=1S/C24H27N3O4S2/c1-3-31-20-11-7-18(8-12-20)22-17(2)32-24(25-22)26-23(28)19-9-13-21(14-10-19)33(29,30)27-15-5-4-6-16-27/h7-14H,3-6,15-16H2,1-2H3,(H,25,26,28). The predicted octanol–water partition coefficient (Wildman–Crippen LogP) is 4.94. The van der Waals surface area contributed by atoms with Crippen molar-refractivity contribution in [2.24, 2.45) is 0 Å². The fourth-order valence-electron chi connectivity index (χ4n) is 3.80. The smallest absolute Gasteiger partial charge is 0.257 e. The molecule has 174 valence electrons. The van der Waals surface area contributed by atoms with Crippen molar-refractivity contribution in [2.45, 2.75) is 38.0 Å². The first-order valence-corrected chi connectivity index (χ1v) is 13.3. The molecular formula is C24H27N3O4S2. The Balaban J connectivity index is 1.46. The molecule has 0 bridgehead atoms. The van der Waals surface area contributed by atoms with E-state index >= 15 is 0 Å². The van der Waals surface area contributed by atoms with Gasteiger partial charge in [-0.1, -0.05) is 6.42 Å². The number of hydrogen-bond acceptors (Lipinski definition) is 6. The van der Waals surface area contributed by atoms with Gasteiger partial charge in [-0.25, -0.2) is 13.4 Å². The monoisotopic (exact) mass is 485 g/mol.